The first-order valence-electron chi connectivity index (χ1n) is 6.26. The van der Waals surface area contributed by atoms with E-state index in [0.29, 0.717) is 13.0 Å². The molecule has 1 heterocycles. The van der Waals surface area contributed by atoms with Gasteiger partial charge in [0.25, 0.3) is 5.91 Å². The monoisotopic (exact) mass is 262 g/mol. The van der Waals surface area contributed by atoms with Gasteiger partial charge in [0, 0.05) is 20.7 Å². The predicted octanol–water partition coefficient (Wildman–Crippen LogP) is 0.721. The first kappa shape index (κ1) is 13.5. The van der Waals surface area contributed by atoms with Gasteiger partial charge in [-0.05, 0) is 12.0 Å². The summed E-state index contributed by atoms with van der Waals surface area (Å²) in [7, 11) is 3.22. The van der Waals surface area contributed by atoms with E-state index in [0.717, 1.165) is 5.56 Å². The molecule has 0 bridgehead atoms. The zero-order valence-corrected chi connectivity index (χ0v) is 11.1. The molecule has 1 N–H and O–H groups in total. The highest BCUT2D eigenvalue weighted by molar-refractivity contribution is 5.90. The number of rotatable bonds is 4. The number of hydrogen-bond donors (Lipinski definition) is 1. The standard InChI is InChI=1S/C14H18N2O3/c1-16-9-8-11(14(16)18)15-13(17)12(19-2)10-6-4-3-5-7-10/h3-7,11-12H,8-9H2,1-2H3,(H,15,17)/t11-,12-/m1/s1. The summed E-state index contributed by atoms with van der Waals surface area (Å²) in [6.07, 6.45) is -0.0355. The minimum absolute atomic E-state index is 0.0451. The molecule has 1 saturated heterocycles. The van der Waals surface area contributed by atoms with Crippen LogP contribution in [0.25, 0.3) is 0 Å². The van der Waals surface area contributed by atoms with Gasteiger partial charge in [-0.3, -0.25) is 9.59 Å². The van der Waals surface area contributed by atoms with Gasteiger partial charge in [0.05, 0.1) is 0 Å². The number of carbonyl (C=O) groups excluding carboxylic acids is 2. The van der Waals surface area contributed by atoms with Gasteiger partial charge in [-0.2, -0.15) is 0 Å². The number of amides is 2. The molecule has 2 atom stereocenters. The molecule has 0 aliphatic carbocycles. The normalized spacial score (nSPS) is 20.4. The van der Waals surface area contributed by atoms with Gasteiger partial charge in [-0.1, -0.05) is 30.3 Å². The molecule has 1 aliphatic rings. The van der Waals surface area contributed by atoms with Crippen LogP contribution in [0.4, 0.5) is 0 Å². The van der Waals surface area contributed by atoms with Crippen molar-refractivity contribution in [2.45, 2.75) is 18.6 Å². The molecule has 1 aromatic carbocycles. The summed E-state index contributed by atoms with van der Waals surface area (Å²) in [5.41, 5.74) is 0.779. The lowest BCUT2D eigenvalue weighted by atomic mass is 10.1. The van der Waals surface area contributed by atoms with E-state index in [1.807, 2.05) is 30.3 Å². The molecule has 0 radical (unpaired) electrons. The van der Waals surface area contributed by atoms with Crippen LogP contribution in [0.2, 0.25) is 0 Å². The van der Waals surface area contributed by atoms with Gasteiger partial charge in [0.15, 0.2) is 6.10 Å². The fourth-order valence-electron chi connectivity index (χ4n) is 2.23. The van der Waals surface area contributed by atoms with Crippen LogP contribution >= 0.6 is 0 Å². The largest absolute Gasteiger partial charge is 0.367 e. The second-order valence-corrected chi connectivity index (χ2v) is 4.64. The molecule has 2 rings (SSSR count). The number of nitrogens with one attached hydrogen (secondary N) is 1. The summed E-state index contributed by atoms with van der Waals surface area (Å²) in [6.45, 7) is 0.673. The number of likely N-dealkylation sites (N-methyl/N-ethyl adjacent to an activating group) is 1. The molecular weight excluding hydrogens is 244 g/mol. The summed E-state index contributed by atoms with van der Waals surface area (Å²) < 4.78 is 5.23. The lowest BCUT2D eigenvalue weighted by Gasteiger charge is -2.18. The first-order valence-corrected chi connectivity index (χ1v) is 6.26. The average Bonchev–Trinajstić information content (AvgIpc) is 2.73. The van der Waals surface area contributed by atoms with Gasteiger partial charge in [-0.15, -0.1) is 0 Å². The fraction of sp³-hybridized carbons (Fsp3) is 0.429. The van der Waals surface area contributed by atoms with Gasteiger partial charge in [0.2, 0.25) is 5.91 Å². The van der Waals surface area contributed by atoms with Crippen molar-refractivity contribution in [3.8, 4) is 0 Å². The molecule has 2 amide bonds. The zero-order chi connectivity index (χ0) is 13.8. The number of likely N-dealkylation sites (tertiary alicyclic amines) is 1. The smallest absolute Gasteiger partial charge is 0.254 e. The Bertz CT molecular complexity index is 461. The highest BCUT2D eigenvalue weighted by Crippen LogP contribution is 2.17. The molecular formula is C14H18N2O3. The zero-order valence-electron chi connectivity index (χ0n) is 11.1. The van der Waals surface area contributed by atoms with Crippen molar-refractivity contribution >= 4 is 11.8 Å². The number of hydrogen-bond acceptors (Lipinski definition) is 3. The van der Waals surface area contributed by atoms with Crippen LogP contribution < -0.4 is 5.32 Å². The highest BCUT2D eigenvalue weighted by Gasteiger charge is 2.32. The van der Waals surface area contributed by atoms with Crippen LogP contribution in [0.3, 0.4) is 0 Å². The summed E-state index contributed by atoms with van der Waals surface area (Å²) >= 11 is 0. The molecule has 0 saturated carbocycles. The van der Waals surface area contributed by atoms with E-state index in [1.165, 1.54) is 7.11 Å². The number of benzene rings is 1. The molecule has 1 aromatic rings. The highest BCUT2D eigenvalue weighted by atomic mass is 16.5. The summed E-state index contributed by atoms with van der Waals surface area (Å²) in [5, 5.41) is 2.75. The van der Waals surface area contributed by atoms with Crippen LogP contribution in [0.1, 0.15) is 18.1 Å². The second-order valence-electron chi connectivity index (χ2n) is 4.64. The molecule has 0 spiro atoms. The lowest BCUT2D eigenvalue weighted by molar-refractivity contribution is -0.136. The third-order valence-corrected chi connectivity index (χ3v) is 3.32. The van der Waals surface area contributed by atoms with Gasteiger partial charge in [-0.25, -0.2) is 0 Å². The summed E-state index contributed by atoms with van der Waals surface area (Å²) in [4.78, 5) is 25.6. The minimum atomic E-state index is -0.681. The fourth-order valence-corrected chi connectivity index (χ4v) is 2.23. The SMILES string of the molecule is CO[C@@H](C(=O)N[C@@H]1CCN(C)C1=O)c1ccccc1. The topological polar surface area (TPSA) is 58.6 Å². The molecule has 0 unspecified atom stereocenters. The van der Waals surface area contributed by atoms with E-state index in [-0.39, 0.29) is 11.8 Å². The van der Waals surface area contributed by atoms with E-state index in [2.05, 4.69) is 5.32 Å². The van der Waals surface area contributed by atoms with Gasteiger partial charge < -0.3 is 15.0 Å². The maximum absolute atomic E-state index is 12.2. The van der Waals surface area contributed by atoms with Crippen molar-refractivity contribution in [3.63, 3.8) is 0 Å². The van der Waals surface area contributed by atoms with Crippen molar-refractivity contribution in [1.82, 2.24) is 10.2 Å². The quantitative estimate of drug-likeness (QED) is 0.870. The van der Waals surface area contributed by atoms with Crippen molar-refractivity contribution in [2.24, 2.45) is 0 Å². The second kappa shape index (κ2) is 5.84. The van der Waals surface area contributed by atoms with E-state index in [1.54, 1.807) is 11.9 Å². The summed E-state index contributed by atoms with van der Waals surface area (Å²) in [6, 6.07) is 8.81. The number of carbonyl (C=O) groups is 2. The number of ether oxygens (including phenoxy) is 1. The number of nitrogens with zero attached hydrogens (tertiary/aromatic N) is 1. The van der Waals surface area contributed by atoms with Crippen LogP contribution in [-0.2, 0) is 14.3 Å². The third-order valence-electron chi connectivity index (χ3n) is 3.32. The Hall–Kier alpha value is -1.88. The van der Waals surface area contributed by atoms with Crippen molar-refractivity contribution in [1.29, 1.82) is 0 Å². The van der Waals surface area contributed by atoms with Crippen molar-refractivity contribution < 1.29 is 14.3 Å². The van der Waals surface area contributed by atoms with E-state index >= 15 is 0 Å². The van der Waals surface area contributed by atoms with E-state index < -0.39 is 12.1 Å². The van der Waals surface area contributed by atoms with Gasteiger partial charge >= 0.3 is 0 Å². The van der Waals surface area contributed by atoms with E-state index in [9.17, 15) is 9.59 Å². The molecule has 0 aromatic heterocycles. The Morgan fingerprint density at radius 1 is 1.42 bits per heavy atom. The van der Waals surface area contributed by atoms with Crippen LogP contribution in [-0.4, -0.2) is 43.5 Å². The molecule has 5 heteroatoms. The predicted molar refractivity (Wildman–Crippen MR) is 70.4 cm³/mol. The minimum Gasteiger partial charge on any atom is -0.367 e. The Labute approximate surface area is 112 Å². The molecule has 102 valence electrons. The lowest BCUT2D eigenvalue weighted by Crippen LogP contribution is -2.43. The Kier molecular flexibility index (Phi) is 4.16. The molecule has 1 fully saturated rings. The third kappa shape index (κ3) is 2.93. The van der Waals surface area contributed by atoms with Crippen LogP contribution in [0, 0.1) is 0 Å². The van der Waals surface area contributed by atoms with Crippen LogP contribution in [0.15, 0.2) is 30.3 Å². The Morgan fingerprint density at radius 3 is 2.63 bits per heavy atom. The van der Waals surface area contributed by atoms with Crippen molar-refractivity contribution in [3.05, 3.63) is 35.9 Å². The maximum atomic E-state index is 12.2. The van der Waals surface area contributed by atoms with Crippen LogP contribution in [0.5, 0.6) is 0 Å². The average molecular weight is 262 g/mol. The number of methoxy groups -OCH3 is 1. The first-order chi connectivity index (χ1) is 9.13. The van der Waals surface area contributed by atoms with Crippen molar-refractivity contribution in [2.75, 3.05) is 20.7 Å². The summed E-state index contributed by atoms with van der Waals surface area (Å²) in [5.74, 6) is -0.321. The molecule has 19 heavy (non-hydrogen) atoms. The Balaban J connectivity index is 2.04. The molecule has 5 nitrogen and oxygen atoms in total. The maximum Gasteiger partial charge on any atom is 0.254 e. The molecule has 1 aliphatic heterocycles. The van der Waals surface area contributed by atoms with E-state index in [4.69, 9.17) is 4.74 Å². The Morgan fingerprint density at radius 2 is 2.11 bits per heavy atom. The van der Waals surface area contributed by atoms with Gasteiger partial charge in [0.1, 0.15) is 6.04 Å².